The van der Waals surface area contributed by atoms with Crippen LogP contribution in [0.1, 0.15) is 44.3 Å². The number of fused-ring (bicyclic) bond motifs is 1. The molecule has 1 aliphatic carbocycles. The summed E-state index contributed by atoms with van der Waals surface area (Å²) in [6.07, 6.45) is 4.23. The highest BCUT2D eigenvalue weighted by atomic mass is 16.5. The third kappa shape index (κ3) is 2.69. The number of rotatable bonds is 3. The Balaban J connectivity index is 1.99. The molecule has 1 N–H and O–H groups in total. The molecule has 0 radical (unpaired) electrons. The van der Waals surface area contributed by atoms with Gasteiger partial charge in [0.1, 0.15) is 22.6 Å². The van der Waals surface area contributed by atoms with Gasteiger partial charge in [0.25, 0.3) is 5.56 Å². The van der Waals surface area contributed by atoms with Crippen molar-refractivity contribution in [1.82, 2.24) is 19.7 Å². The lowest BCUT2D eigenvalue weighted by molar-refractivity contribution is 0.286. The Morgan fingerprint density at radius 2 is 1.92 bits per heavy atom. The summed E-state index contributed by atoms with van der Waals surface area (Å²) in [7, 11) is 1.64. The van der Waals surface area contributed by atoms with Gasteiger partial charge in [0.15, 0.2) is 0 Å². The lowest BCUT2D eigenvalue weighted by Gasteiger charge is -2.29. The van der Waals surface area contributed by atoms with Crippen molar-refractivity contribution in [3.05, 3.63) is 40.3 Å². The van der Waals surface area contributed by atoms with Crippen molar-refractivity contribution in [2.45, 2.75) is 45.6 Å². The zero-order valence-electron chi connectivity index (χ0n) is 15.5. The number of ether oxygens (including phenoxy) is 1. The first kappa shape index (κ1) is 16.8. The minimum absolute atomic E-state index is 0.0453. The molecule has 1 aliphatic rings. The number of aryl methyl sites for hydroxylation is 1. The Morgan fingerprint density at radius 3 is 2.65 bits per heavy atom. The lowest BCUT2D eigenvalue weighted by Crippen LogP contribution is -2.30. The lowest BCUT2D eigenvalue weighted by atomic mass is 9.87. The second-order valence-electron chi connectivity index (χ2n) is 7.26. The van der Waals surface area contributed by atoms with Crippen LogP contribution in [0.15, 0.2) is 29.1 Å². The molecule has 1 saturated carbocycles. The van der Waals surface area contributed by atoms with Gasteiger partial charge in [-0.25, -0.2) is 4.98 Å². The maximum atomic E-state index is 13.3. The number of aromatic nitrogens is 4. The summed E-state index contributed by atoms with van der Waals surface area (Å²) in [5.74, 6) is 2.10. The molecule has 0 amide bonds. The third-order valence-electron chi connectivity index (χ3n) is 5.49. The van der Waals surface area contributed by atoms with Gasteiger partial charge < -0.3 is 4.74 Å². The van der Waals surface area contributed by atoms with Gasteiger partial charge >= 0.3 is 0 Å². The number of nitrogens with one attached hydrogen (secondary N) is 1. The van der Waals surface area contributed by atoms with E-state index in [0.29, 0.717) is 22.8 Å². The fraction of sp³-hybridized carbons (Fsp3) is 0.450. The molecule has 26 heavy (non-hydrogen) atoms. The standard InChI is InChI=1S/C20H24N4O2/c1-12-8-10-14(11-9-12)24-19(15-6-4-5-7-16(15)26-3)21-17-13(2)22-23-18(17)20(24)25/h4-7,12,14H,8-11H2,1-3H3,(H,22,23)/t12-,14-. The Bertz CT molecular complexity index is 997. The maximum absolute atomic E-state index is 13.3. The smallest absolute Gasteiger partial charge is 0.279 e. The van der Waals surface area contributed by atoms with E-state index in [2.05, 4.69) is 17.1 Å². The number of para-hydroxylation sites is 1. The first-order chi connectivity index (χ1) is 12.6. The third-order valence-corrected chi connectivity index (χ3v) is 5.49. The molecule has 0 bridgehead atoms. The summed E-state index contributed by atoms with van der Waals surface area (Å²) in [6.45, 7) is 4.14. The number of methoxy groups -OCH3 is 1. The molecule has 6 nitrogen and oxygen atoms in total. The first-order valence-electron chi connectivity index (χ1n) is 9.20. The number of hydrogen-bond donors (Lipinski definition) is 1. The van der Waals surface area contributed by atoms with Gasteiger partial charge in [-0.2, -0.15) is 5.10 Å². The summed E-state index contributed by atoms with van der Waals surface area (Å²) < 4.78 is 7.41. The SMILES string of the molecule is COc1ccccc1-c1nc2c(C)n[nH]c2c(=O)n1[C@H]1CC[C@H](C)CC1. The zero-order chi connectivity index (χ0) is 18.3. The molecule has 0 unspecified atom stereocenters. The summed E-state index contributed by atoms with van der Waals surface area (Å²) in [5, 5.41) is 7.07. The molecule has 0 aliphatic heterocycles. The minimum atomic E-state index is -0.0453. The van der Waals surface area contributed by atoms with Crippen LogP contribution in [0.4, 0.5) is 0 Å². The topological polar surface area (TPSA) is 72.8 Å². The molecule has 4 rings (SSSR count). The second kappa shape index (κ2) is 6.59. The summed E-state index contributed by atoms with van der Waals surface area (Å²) in [4.78, 5) is 18.2. The molecule has 0 spiro atoms. The predicted octanol–water partition coefficient (Wildman–Crippen LogP) is 3.85. The second-order valence-corrected chi connectivity index (χ2v) is 7.26. The molecule has 2 aromatic heterocycles. The van der Waals surface area contributed by atoms with Crippen molar-refractivity contribution >= 4 is 11.0 Å². The number of H-pyrrole nitrogens is 1. The van der Waals surface area contributed by atoms with Crippen LogP contribution in [-0.2, 0) is 0 Å². The zero-order valence-corrected chi connectivity index (χ0v) is 15.5. The van der Waals surface area contributed by atoms with Crippen LogP contribution in [0.2, 0.25) is 0 Å². The molecule has 6 heteroatoms. The van der Waals surface area contributed by atoms with E-state index in [0.717, 1.165) is 42.7 Å². The normalized spacial score (nSPS) is 20.4. The van der Waals surface area contributed by atoms with Gasteiger partial charge in [-0.15, -0.1) is 0 Å². The van der Waals surface area contributed by atoms with Gasteiger partial charge in [-0.3, -0.25) is 14.5 Å². The van der Waals surface area contributed by atoms with Crippen LogP contribution in [0.3, 0.4) is 0 Å². The molecule has 1 fully saturated rings. The highest BCUT2D eigenvalue weighted by Crippen LogP contribution is 2.36. The van der Waals surface area contributed by atoms with Gasteiger partial charge in [0, 0.05) is 6.04 Å². The van der Waals surface area contributed by atoms with Crippen LogP contribution in [0.25, 0.3) is 22.4 Å². The van der Waals surface area contributed by atoms with Crippen LogP contribution in [0.5, 0.6) is 5.75 Å². The first-order valence-corrected chi connectivity index (χ1v) is 9.20. The van der Waals surface area contributed by atoms with E-state index >= 15 is 0 Å². The van der Waals surface area contributed by atoms with E-state index in [9.17, 15) is 4.79 Å². The Kier molecular flexibility index (Phi) is 4.26. The molecule has 0 saturated heterocycles. The van der Waals surface area contributed by atoms with E-state index < -0.39 is 0 Å². The number of hydrogen-bond acceptors (Lipinski definition) is 4. The average molecular weight is 352 g/mol. The van der Waals surface area contributed by atoms with Gasteiger partial charge in [0.05, 0.1) is 18.4 Å². The predicted molar refractivity (Wildman–Crippen MR) is 102 cm³/mol. The highest BCUT2D eigenvalue weighted by Gasteiger charge is 2.26. The van der Waals surface area contributed by atoms with E-state index in [1.165, 1.54) is 0 Å². The summed E-state index contributed by atoms with van der Waals surface area (Å²) >= 11 is 0. The van der Waals surface area contributed by atoms with E-state index in [4.69, 9.17) is 9.72 Å². The number of nitrogens with zero attached hydrogens (tertiary/aromatic N) is 3. The summed E-state index contributed by atoms with van der Waals surface area (Å²) in [5.41, 5.74) is 2.65. The largest absolute Gasteiger partial charge is 0.496 e. The summed E-state index contributed by atoms with van der Waals surface area (Å²) in [6, 6.07) is 7.89. The van der Waals surface area contributed by atoms with Crippen LogP contribution in [0, 0.1) is 12.8 Å². The number of aromatic amines is 1. The van der Waals surface area contributed by atoms with E-state index in [-0.39, 0.29) is 11.6 Å². The van der Waals surface area contributed by atoms with Crippen LogP contribution >= 0.6 is 0 Å². The molecule has 3 aromatic rings. The van der Waals surface area contributed by atoms with Crippen molar-refractivity contribution < 1.29 is 4.74 Å². The van der Waals surface area contributed by atoms with E-state index in [1.54, 1.807) is 7.11 Å². The van der Waals surface area contributed by atoms with Crippen molar-refractivity contribution in [2.24, 2.45) is 5.92 Å². The quantitative estimate of drug-likeness (QED) is 0.777. The van der Waals surface area contributed by atoms with Crippen molar-refractivity contribution in [2.75, 3.05) is 7.11 Å². The highest BCUT2D eigenvalue weighted by molar-refractivity contribution is 5.79. The molecule has 136 valence electrons. The van der Waals surface area contributed by atoms with Gasteiger partial charge in [0.2, 0.25) is 0 Å². The van der Waals surface area contributed by atoms with Crippen molar-refractivity contribution in [3.8, 4) is 17.1 Å². The fourth-order valence-electron chi connectivity index (χ4n) is 3.95. The molecular formula is C20H24N4O2. The van der Waals surface area contributed by atoms with E-state index in [1.807, 2.05) is 35.8 Å². The Labute approximate surface area is 152 Å². The minimum Gasteiger partial charge on any atom is -0.496 e. The van der Waals surface area contributed by atoms with Crippen molar-refractivity contribution in [3.63, 3.8) is 0 Å². The Morgan fingerprint density at radius 1 is 1.19 bits per heavy atom. The average Bonchev–Trinajstić information content (AvgIpc) is 3.04. The molecule has 1 aromatic carbocycles. The molecule has 0 atom stereocenters. The molecular weight excluding hydrogens is 328 g/mol. The van der Waals surface area contributed by atoms with Crippen LogP contribution < -0.4 is 10.3 Å². The molecule has 2 heterocycles. The van der Waals surface area contributed by atoms with Crippen LogP contribution in [-0.4, -0.2) is 26.9 Å². The fourth-order valence-corrected chi connectivity index (χ4v) is 3.95. The Hall–Kier alpha value is -2.63. The van der Waals surface area contributed by atoms with Gasteiger partial charge in [-0.1, -0.05) is 19.1 Å². The van der Waals surface area contributed by atoms with Crippen molar-refractivity contribution in [1.29, 1.82) is 0 Å². The monoisotopic (exact) mass is 352 g/mol. The number of benzene rings is 1. The van der Waals surface area contributed by atoms with Gasteiger partial charge in [-0.05, 0) is 50.7 Å². The maximum Gasteiger partial charge on any atom is 0.279 e.